The molecule has 2 aliphatic rings. The lowest BCUT2D eigenvalue weighted by atomic mass is 9.87. The van der Waals surface area contributed by atoms with Crippen molar-refractivity contribution in [2.75, 3.05) is 19.6 Å². The highest BCUT2D eigenvalue weighted by Crippen LogP contribution is 2.31. The molecule has 0 bridgehead atoms. The second-order valence-electron chi connectivity index (χ2n) is 6.12. The Balaban J connectivity index is 1.53. The summed E-state index contributed by atoms with van der Waals surface area (Å²) in [6.45, 7) is 2.61. The SMILES string of the molecule is O=C(CCNC1CCCc2cc(O)ccc21)N1CCCC1. The van der Waals surface area contributed by atoms with Gasteiger partial charge in [-0.25, -0.2) is 0 Å². The van der Waals surface area contributed by atoms with Gasteiger partial charge in [-0.3, -0.25) is 4.79 Å². The third-order valence-corrected chi connectivity index (χ3v) is 4.63. The quantitative estimate of drug-likeness (QED) is 0.894. The molecule has 1 saturated heterocycles. The number of hydrogen-bond donors (Lipinski definition) is 2. The van der Waals surface area contributed by atoms with Gasteiger partial charge in [0.05, 0.1) is 0 Å². The number of phenolic OH excluding ortho intramolecular Hbond substituents is 1. The molecule has 1 heterocycles. The highest BCUT2D eigenvalue weighted by Gasteiger charge is 2.21. The summed E-state index contributed by atoms with van der Waals surface area (Å²) in [6, 6.07) is 5.97. The standard InChI is InChI=1S/C17H24N2O2/c20-14-6-7-15-13(12-14)4-3-5-16(15)18-9-8-17(21)19-10-1-2-11-19/h6-7,12,16,18,20H,1-5,8-11H2. The minimum Gasteiger partial charge on any atom is -0.508 e. The minimum absolute atomic E-state index is 0.279. The largest absolute Gasteiger partial charge is 0.508 e. The average molecular weight is 288 g/mol. The molecule has 1 aliphatic carbocycles. The first-order valence-electron chi connectivity index (χ1n) is 8.07. The predicted octanol–water partition coefficient (Wildman–Crippen LogP) is 2.37. The number of rotatable bonds is 4. The van der Waals surface area contributed by atoms with Crippen LogP contribution in [-0.2, 0) is 11.2 Å². The first kappa shape index (κ1) is 14.4. The number of nitrogens with zero attached hydrogens (tertiary/aromatic N) is 1. The summed E-state index contributed by atoms with van der Waals surface area (Å²) < 4.78 is 0. The minimum atomic E-state index is 0.279. The number of likely N-dealkylation sites (tertiary alicyclic amines) is 1. The molecule has 4 heteroatoms. The van der Waals surface area contributed by atoms with Crippen LogP contribution in [-0.4, -0.2) is 35.5 Å². The number of benzene rings is 1. The van der Waals surface area contributed by atoms with Crippen molar-refractivity contribution in [1.82, 2.24) is 10.2 Å². The van der Waals surface area contributed by atoms with Crippen molar-refractivity contribution in [3.63, 3.8) is 0 Å². The number of carbonyl (C=O) groups is 1. The Morgan fingerprint density at radius 2 is 2.10 bits per heavy atom. The van der Waals surface area contributed by atoms with Gasteiger partial charge in [-0.2, -0.15) is 0 Å². The summed E-state index contributed by atoms with van der Waals surface area (Å²) in [5, 5.41) is 13.1. The van der Waals surface area contributed by atoms with Crippen molar-refractivity contribution in [3.05, 3.63) is 29.3 Å². The summed E-state index contributed by atoms with van der Waals surface area (Å²) in [5.74, 6) is 0.625. The maximum atomic E-state index is 12.0. The van der Waals surface area contributed by atoms with Crippen LogP contribution < -0.4 is 5.32 Å². The number of hydrogen-bond acceptors (Lipinski definition) is 3. The van der Waals surface area contributed by atoms with E-state index in [1.807, 2.05) is 17.0 Å². The van der Waals surface area contributed by atoms with Gasteiger partial charge in [-0.15, -0.1) is 0 Å². The van der Waals surface area contributed by atoms with Gasteiger partial charge >= 0.3 is 0 Å². The smallest absolute Gasteiger partial charge is 0.223 e. The van der Waals surface area contributed by atoms with Gasteiger partial charge in [0.1, 0.15) is 5.75 Å². The van der Waals surface area contributed by atoms with Crippen LogP contribution in [0.2, 0.25) is 0 Å². The maximum Gasteiger partial charge on any atom is 0.223 e. The third-order valence-electron chi connectivity index (χ3n) is 4.63. The molecule has 0 radical (unpaired) electrons. The number of fused-ring (bicyclic) bond motifs is 1. The fourth-order valence-corrected chi connectivity index (χ4v) is 3.49. The fourth-order valence-electron chi connectivity index (χ4n) is 3.49. The Bertz CT molecular complexity index is 510. The Kier molecular flexibility index (Phi) is 4.44. The van der Waals surface area contributed by atoms with E-state index in [1.54, 1.807) is 6.07 Å². The van der Waals surface area contributed by atoms with Gasteiger partial charge < -0.3 is 15.3 Å². The lowest BCUT2D eigenvalue weighted by molar-refractivity contribution is -0.130. The van der Waals surface area contributed by atoms with Gasteiger partial charge in [0.25, 0.3) is 0 Å². The van der Waals surface area contributed by atoms with Gasteiger partial charge in [-0.05, 0) is 55.4 Å². The lowest BCUT2D eigenvalue weighted by Gasteiger charge is -2.27. The molecule has 4 nitrogen and oxygen atoms in total. The van der Waals surface area contributed by atoms with E-state index >= 15 is 0 Å². The molecule has 3 rings (SSSR count). The maximum absolute atomic E-state index is 12.0. The van der Waals surface area contributed by atoms with Crippen LogP contribution in [0.5, 0.6) is 5.75 Å². The molecule has 1 amide bonds. The van der Waals surface area contributed by atoms with E-state index < -0.39 is 0 Å². The van der Waals surface area contributed by atoms with Gasteiger partial charge in [0, 0.05) is 32.1 Å². The van der Waals surface area contributed by atoms with Crippen LogP contribution in [0.3, 0.4) is 0 Å². The number of phenols is 1. The average Bonchev–Trinajstić information content (AvgIpc) is 3.01. The van der Waals surface area contributed by atoms with E-state index in [1.165, 1.54) is 11.1 Å². The summed E-state index contributed by atoms with van der Waals surface area (Å²) in [4.78, 5) is 14.0. The molecule has 1 unspecified atom stereocenters. The summed E-state index contributed by atoms with van der Waals surface area (Å²) in [7, 11) is 0. The zero-order valence-electron chi connectivity index (χ0n) is 12.5. The monoisotopic (exact) mass is 288 g/mol. The molecule has 1 atom stereocenters. The second kappa shape index (κ2) is 6.48. The van der Waals surface area contributed by atoms with E-state index in [4.69, 9.17) is 0 Å². The number of aryl methyl sites for hydroxylation is 1. The normalized spacial score (nSPS) is 21.3. The molecule has 0 aromatic heterocycles. The van der Waals surface area contributed by atoms with E-state index in [9.17, 15) is 9.90 Å². The van der Waals surface area contributed by atoms with Gasteiger partial charge in [0.15, 0.2) is 0 Å². The summed E-state index contributed by atoms with van der Waals surface area (Å²) in [6.07, 6.45) is 6.17. The van der Waals surface area contributed by atoms with Crippen molar-refractivity contribution >= 4 is 5.91 Å². The van der Waals surface area contributed by atoms with E-state index in [-0.39, 0.29) is 5.91 Å². The molecule has 2 N–H and O–H groups in total. The first-order valence-corrected chi connectivity index (χ1v) is 8.07. The third kappa shape index (κ3) is 3.38. The molecule has 114 valence electrons. The molecule has 1 aromatic carbocycles. The Morgan fingerprint density at radius 1 is 1.29 bits per heavy atom. The lowest BCUT2D eigenvalue weighted by Crippen LogP contribution is -2.32. The molecule has 21 heavy (non-hydrogen) atoms. The Labute approximate surface area is 126 Å². The van der Waals surface area contributed by atoms with Crippen molar-refractivity contribution in [2.45, 2.75) is 44.6 Å². The molecular formula is C17H24N2O2. The second-order valence-corrected chi connectivity index (χ2v) is 6.12. The highest BCUT2D eigenvalue weighted by atomic mass is 16.3. The number of amides is 1. The fraction of sp³-hybridized carbons (Fsp3) is 0.588. The van der Waals surface area contributed by atoms with E-state index in [0.717, 1.165) is 51.7 Å². The van der Waals surface area contributed by atoms with Gasteiger partial charge in [0.2, 0.25) is 5.91 Å². The zero-order valence-corrected chi connectivity index (χ0v) is 12.5. The number of aromatic hydroxyl groups is 1. The van der Waals surface area contributed by atoms with Crippen LogP contribution >= 0.6 is 0 Å². The molecular weight excluding hydrogens is 264 g/mol. The van der Waals surface area contributed by atoms with Crippen molar-refractivity contribution in [2.24, 2.45) is 0 Å². The molecule has 0 spiro atoms. The molecule has 0 saturated carbocycles. The summed E-state index contributed by atoms with van der Waals surface area (Å²) in [5.41, 5.74) is 2.53. The van der Waals surface area contributed by atoms with Crippen LogP contribution in [0, 0.1) is 0 Å². The van der Waals surface area contributed by atoms with E-state index in [2.05, 4.69) is 5.32 Å². The Morgan fingerprint density at radius 3 is 2.90 bits per heavy atom. The molecule has 1 fully saturated rings. The zero-order chi connectivity index (χ0) is 14.7. The van der Waals surface area contributed by atoms with E-state index in [0.29, 0.717) is 18.2 Å². The number of nitrogens with one attached hydrogen (secondary N) is 1. The van der Waals surface area contributed by atoms with Crippen LogP contribution in [0.4, 0.5) is 0 Å². The van der Waals surface area contributed by atoms with Crippen LogP contribution in [0.1, 0.15) is 49.3 Å². The van der Waals surface area contributed by atoms with Crippen molar-refractivity contribution in [3.8, 4) is 5.75 Å². The van der Waals surface area contributed by atoms with Crippen molar-refractivity contribution < 1.29 is 9.90 Å². The Hall–Kier alpha value is -1.55. The summed E-state index contributed by atoms with van der Waals surface area (Å²) >= 11 is 0. The topological polar surface area (TPSA) is 52.6 Å². The number of carbonyl (C=O) groups excluding carboxylic acids is 1. The van der Waals surface area contributed by atoms with Crippen LogP contribution in [0.15, 0.2) is 18.2 Å². The van der Waals surface area contributed by atoms with Crippen LogP contribution in [0.25, 0.3) is 0 Å². The first-order chi connectivity index (χ1) is 10.2. The molecule has 1 aliphatic heterocycles. The van der Waals surface area contributed by atoms with Gasteiger partial charge in [-0.1, -0.05) is 6.07 Å². The highest BCUT2D eigenvalue weighted by molar-refractivity contribution is 5.76. The predicted molar refractivity (Wildman–Crippen MR) is 82.2 cm³/mol. The van der Waals surface area contributed by atoms with Crippen molar-refractivity contribution in [1.29, 1.82) is 0 Å². The molecule has 1 aromatic rings.